The van der Waals surface area contributed by atoms with E-state index in [0.29, 0.717) is 12.1 Å². The summed E-state index contributed by atoms with van der Waals surface area (Å²) in [5, 5.41) is 0. The molecular weight excluding hydrogens is 246 g/mol. The summed E-state index contributed by atoms with van der Waals surface area (Å²) in [5.74, 6) is 0. The highest BCUT2D eigenvalue weighted by Crippen LogP contribution is 2.27. The zero-order chi connectivity index (χ0) is 13.9. The van der Waals surface area contributed by atoms with Gasteiger partial charge in [0.05, 0.1) is 0 Å². The molecule has 1 saturated heterocycles. The lowest BCUT2D eigenvalue weighted by Gasteiger charge is -2.44. The average molecular weight is 273 g/mol. The molecule has 1 aliphatic heterocycles. The lowest BCUT2D eigenvalue weighted by atomic mass is 9.85. The third kappa shape index (κ3) is 3.22. The molecule has 1 atom stereocenters. The highest BCUT2D eigenvalue weighted by molar-refractivity contribution is 5.14. The number of benzene rings is 1. The molecular formula is C17H27N3. The third-order valence-electron chi connectivity index (χ3n) is 4.85. The van der Waals surface area contributed by atoms with E-state index in [1.807, 2.05) is 0 Å². The van der Waals surface area contributed by atoms with Gasteiger partial charge in [-0.3, -0.25) is 9.80 Å². The minimum absolute atomic E-state index is 0.455. The van der Waals surface area contributed by atoms with Gasteiger partial charge in [-0.15, -0.1) is 0 Å². The summed E-state index contributed by atoms with van der Waals surface area (Å²) in [6.07, 6.45) is 3.68. The maximum Gasteiger partial charge on any atom is 0.0234 e. The van der Waals surface area contributed by atoms with Crippen molar-refractivity contribution in [3.8, 4) is 0 Å². The van der Waals surface area contributed by atoms with Gasteiger partial charge in [-0.2, -0.15) is 0 Å². The Bertz CT molecular complexity index is 414. The van der Waals surface area contributed by atoms with E-state index in [4.69, 9.17) is 5.73 Å². The molecule has 2 fully saturated rings. The number of hydrogen-bond acceptors (Lipinski definition) is 3. The van der Waals surface area contributed by atoms with E-state index in [9.17, 15) is 0 Å². The molecule has 0 spiro atoms. The summed E-state index contributed by atoms with van der Waals surface area (Å²) in [7, 11) is 0. The number of rotatable bonds is 3. The van der Waals surface area contributed by atoms with E-state index < -0.39 is 0 Å². The molecule has 110 valence electrons. The normalized spacial score (nSPS) is 32.6. The predicted octanol–water partition coefficient (Wildman–Crippen LogP) is 2.07. The largest absolute Gasteiger partial charge is 0.328 e. The van der Waals surface area contributed by atoms with Gasteiger partial charge in [0.25, 0.3) is 0 Å². The van der Waals surface area contributed by atoms with Gasteiger partial charge in [-0.1, -0.05) is 30.3 Å². The molecule has 3 heteroatoms. The van der Waals surface area contributed by atoms with Crippen LogP contribution in [-0.2, 0) is 6.54 Å². The molecule has 0 radical (unpaired) electrons. The Morgan fingerprint density at radius 2 is 1.90 bits per heavy atom. The van der Waals surface area contributed by atoms with Crippen molar-refractivity contribution in [3.05, 3.63) is 35.9 Å². The molecule has 0 amide bonds. The minimum Gasteiger partial charge on any atom is -0.328 e. The number of nitrogens with two attached hydrogens (primary N) is 1. The van der Waals surface area contributed by atoms with Crippen LogP contribution in [0.2, 0.25) is 0 Å². The highest BCUT2D eigenvalue weighted by atomic mass is 15.3. The van der Waals surface area contributed by atoms with Crippen molar-refractivity contribution in [1.82, 2.24) is 9.80 Å². The van der Waals surface area contributed by atoms with Crippen molar-refractivity contribution in [3.63, 3.8) is 0 Å². The second-order valence-electron chi connectivity index (χ2n) is 6.55. The van der Waals surface area contributed by atoms with Crippen molar-refractivity contribution < 1.29 is 0 Å². The Morgan fingerprint density at radius 1 is 1.15 bits per heavy atom. The zero-order valence-electron chi connectivity index (χ0n) is 12.5. The molecule has 3 rings (SSSR count). The molecule has 2 aliphatic rings. The molecule has 2 N–H and O–H groups in total. The Morgan fingerprint density at radius 3 is 2.60 bits per heavy atom. The van der Waals surface area contributed by atoms with Crippen LogP contribution in [0.3, 0.4) is 0 Å². The number of hydrogen-bond donors (Lipinski definition) is 1. The lowest BCUT2D eigenvalue weighted by molar-refractivity contribution is 0.0733. The van der Waals surface area contributed by atoms with Crippen LogP contribution < -0.4 is 5.73 Å². The fraction of sp³-hybridized carbons (Fsp3) is 0.647. The monoisotopic (exact) mass is 273 g/mol. The van der Waals surface area contributed by atoms with Crippen molar-refractivity contribution in [2.24, 2.45) is 5.73 Å². The Balaban J connectivity index is 1.57. The summed E-state index contributed by atoms with van der Waals surface area (Å²) in [4.78, 5) is 5.31. The molecule has 1 aliphatic carbocycles. The minimum atomic E-state index is 0.455. The molecule has 1 heterocycles. The van der Waals surface area contributed by atoms with Crippen LogP contribution in [0.4, 0.5) is 0 Å². The second kappa shape index (κ2) is 6.25. The molecule has 0 bridgehead atoms. The maximum atomic E-state index is 5.95. The van der Waals surface area contributed by atoms with Crippen LogP contribution >= 0.6 is 0 Å². The lowest BCUT2D eigenvalue weighted by Crippen LogP contribution is -2.54. The summed E-state index contributed by atoms with van der Waals surface area (Å²) >= 11 is 0. The van der Waals surface area contributed by atoms with Crippen molar-refractivity contribution >= 4 is 0 Å². The first-order valence-corrected chi connectivity index (χ1v) is 8.00. The van der Waals surface area contributed by atoms with Crippen molar-refractivity contribution in [2.75, 3.05) is 19.6 Å². The van der Waals surface area contributed by atoms with Crippen LogP contribution in [0.5, 0.6) is 0 Å². The smallest absolute Gasteiger partial charge is 0.0234 e. The molecule has 20 heavy (non-hydrogen) atoms. The van der Waals surface area contributed by atoms with E-state index in [2.05, 4.69) is 47.1 Å². The molecule has 1 unspecified atom stereocenters. The van der Waals surface area contributed by atoms with Crippen LogP contribution in [0.15, 0.2) is 30.3 Å². The van der Waals surface area contributed by atoms with Gasteiger partial charge in [0, 0.05) is 31.2 Å². The van der Waals surface area contributed by atoms with E-state index in [0.717, 1.165) is 12.6 Å². The SMILES string of the molecule is CC1CN(Cc2ccccc2)CCCN1C1CC(N)C1. The molecule has 1 aromatic rings. The number of nitrogens with zero attached hydrogens (tertiary/aromatic N) is 2. The fourth-order valence-corrected chi connectivity index (χ4v) is 3.70. The first-order valence-electron chi connectivity index (χ1n) is 8.00. The van der Waals surface area contributed by atoms with Gasteiger partial charge >= 0.3 is 0 Å². The van der Waals surface area contributed by atoms with E-state index >= 15 is 0 Å². The topological polar surface area (TPSA) is 32.5 Å². The van der Waals surface area contributed by atoms with Crippen molar-refractivity contribution in [1.29, 1.82) is 0 Å². The first-order chi connectivity index (χ1) is 9.72. The van der Waals surface area contributed by atoms with Crippen LogP contribution in [0.1, 0.15) is 31.7 Å². The first kappa shape index (κ1) is 14.1. The van der Waals surface area contributed by atoms with Gasteiger partial charge in [-0.25, -0.2) is 0 Å². The maximum absolute atomic E-state index is 5.95. The van der Waals surface area contributed by atoms with E-state index in [1.54, 1.807) is 0 Å². The van der Waals surface area contributed by atoms with Gasteiger partial charge < -0.3 is 5.73 Å². The van der Waals surface area contributed by atoms with Gasteiger partial charge in [-0.05, 0) is 44.8 Å². The molecule has 0 aromatic heterocycles. The van der Waals surface area contributed by atoms with Crippen molar-refractivity contribution in [2.45, 2.75) is 50.9 Å². The summed E-state index contributed by atoms with van der Waals surface area (Å²) in [6.45, 7) is 7.11. The summed E-state index contributed by atoms with van der Waals surface area (Å²) in [6, 6.07) is 12.7. The average Bonchev–Trinajstić information content (AvgIpc) is 2.58. The molecule has 1 aromatic carbocycles. The zero-order valence-corrected chi connectivity index (χ0v) is 12.5. The Kier molecular flexibility index (Phi) is 4.39. The summed E-state index contributed by atoms with van der Waals surface area (Å²) < 4.78 is 0. The highest BCUT2D eigenvalue weighted by Gasteiger charge is 2.34. The van der Waals surface area contributed by atoms with E-state index in [1.165, 1.54) is 44.5 Å². The van der Waals surface area contributed by atoms with E-state index in [-0.39, 0.29) is 0 Å². The second-order valence-corrected chi connectivity index (χ2v) is 6.55. The molecule has 1 saturated carbocycles. The Labute approximate surface area is 122 Å². The quantitative estimate of drug-likeness (QED) is 0.915. The third-order valence-corrected chi connectivity index (χ3v) is 4.85. The standard InChI is InChI=1S/C17H27N3/c1-14-12-19(13-15-6-3-2-4-7-15)8-5-9-20(14)17-10-16(18)11-17/h2-4,6-7,14,16-17H,5,8-13,18H2,1H3. The van der Waals surface area contributed by atoms with Gasteiger partial charge in [0.2, 0.25) is 0 Å². The summed E-state index contributed by atoms with van der Waals surface area (Å²) in [5.41, 5.74) is 7.38. The predicted molar refractivity (Wildman–Crippen MR) is 83.5 cm³/mol. The Hall–Kier alpha value is -0.900. The van der Waals surface area contributed by atoms with Crippen LogP contribution in [-0.4, -0.2) is 47.6 Å². The van der Waals surface area contributed by atoms with Gasteiger partial charge in [0.15, 0.2) is 0 Å². The van der Waals surface area contributed by atoms with Gasteiger partial charge in [0.1, 0.15) is 0 Å². The molecule has 3 nitrogen and oxygen atoms in total. The van der Waals surface area contributed by atoms with Crippen LogP contribution in [0, 0.1) is 0 Å². The van der Waals surface area contributed by atoms with Crippen LogP contribution in [0.25, 0.3) is 0 Å². The fourth-order valence-electron chi connectivity index (χ4n) is 3.70.